The molecular formula is C11H17NS. The highest BCUT2D eigenvalue weighted by atomic mass is 32.1. The first-order valence-electron chi connectivity index (χ1n) is 4.54. The zero-order valence-electron chi connectivity index (χ0n) is 8.29. The van der Waals surface area contributed by atoms with Gasteiger partial charge in [-0.05, 0) is 5.56 Å². The van der Waals surface area contributed by atoms with Crippen LogP contribution < -0.4 is 5.73 Å². The van der Waals surface area contributed by atoms with Crippen LogP contribution in [0, 0.1) is 0 Å². The van der Waals surface area contributed by atoms with Crippen molar-refractivity contribution in [3.63, 3.8) is 0 Å². The van der Waals surface area contributed by atoms with Gasteiger partial charge in [-0.2, -0.15) is 0 Å². The molecule has 1 nitrogen and oxygen atoms in total. The molecule has 0 bridgehead atoms. The highest BCUT2D eigenvalue weighted by Crippen LogP contribution is 1.99. The van der Waals surface area contributed by atoms with E-state index in [0.717, 1.165) is 10.4 Å². The molecule has 0 aliphatic carbocycles. The molecule has 72 valence electrons. The topological polar surface area (TPSA) is 26.0 Å². The maximum absolute atomic E-state index is 5.36. The number of hydrogen-bond acceptors (Lipinski definition) is 2. The van der Waals surface area contributed by atoms with Gasteiger partial charge in [0.25, 0.3) is 0 Å². The number of thiocarbonyl (C=S) groups is 1. The summed E-state index contributed by atoms with van der Waals surface area (Å²) in [6, 6.07) is 9.81. The second-order valence-corrected chi connectivity index (χ2v) is 3.19. The summed E-state index contributed by atoms with van der Waals surface area (Å²) in [5.74, 6) is 0. The van der Waals surface area contributed by atoms with Crippen molar-refractivity contribution in [2.45, 2.75) is 20.3 Å². The standard InChI is InChI=1S/C8H9NS.C3H8/c9-6-8(10)7-4-2-1-3-5-7;1-3-2/h1-5H,6,9H2;3H2,1-2H3. The summed E-state index contributed by atoms with van der Waals surface area (Å²) in [7, 11) is 0. The Morgan fingerprint density at radius 1 is 1.23 bits per heavy atom. The molecule has 0 spiro atoms. The van der Waals surface area contributed by atoms with E-state index in [4.69, 9.17) is 18.0 Å². The maximum atomic E-state index is 5.36. The fourth-order valence-electron chi connectivity index (χ4n) is 0.742. The van der Waals surface area contributed by atoms with Crippen LogP contribution in [0.5, 0.6) is 0 Å². The lowest BCUT2D eigenvalue weighted by atomic mass is 10.1. The molecule has 13 heavy (non-hydrogen) atoms. The molecule has 0 saturated carbocycles. The molecule has 0 fully saturated rings. The first-order valence-corrected chi connectivity index (χ1v) is 4.95. The maximum Gasteiger partial charge on any atom is 0.0360 e. The first-order chi connectivity index (χ1) is 6.26. The van der Waals surface area contributed by atoms with E-state index in [2.05, 4.69) is 13.8 Å². The quantitative estimate of drug-likeness (QED) is 0.580. The predicted octanol–water partition coefficient (Wildman–Crippen LogP) is 2.78. The molecule has 1 aromatic rings. The number of hydrogen-bond donors (Lipinski definition) is 1. The highest BCUT2D eigenvalue weighted by molar-refractivity contribution is 7.80. The second kappa shape index (κ2) is 7.90. The Morgan fingerprint density at radius 3 is 2.08 bits per heavy atom. The molecule has 2 N–H and O–H groups in total. The molecule has 2 heteroatoms. The molecule has 0 saturated heterocycles. The molecule has 1 aromatic carbocycles. The zero-order chi connectivity index (χ0) is 10.1. The third kappa shape index (κ3) is 5.50. The minimum Gasteiger partial charge on any atom is -0.326 e. The van der Waals surface area contributed by atoms with Crippen molar-refractivity contribution in [1.29, 1.82) is 0 Å². The van der Waals surface area contributed by atoms with Gasteiger partial charge in [0, 0.05) is 11.4 Å². The van der Waals surface area contributed by atoms with Crippen molar-refractivity contribution >= 4 is 17.1 Å². The van der Waals surface area contributed by atoms with E-state index in [0.29, 0.717) is 6.54 Å². The lowest BCUT2D eigenvalue weighted by molar-refractivity contribution is 1.09. The van der Waals surface area contributed by atoms with Crippen LogP contribution in [0.15, 0.2) is 30.3 Å². The van der Waals surface area contributed by atoms with Crippen molar-refractivity contribution in [3.8, 4) is 0 Å². The van der Waals surface area contributed by atoms with Crippen LogP contribution in [-0.2, 0) is 0 Å². The SMILES string of the molecule is CCC.NCC(=S)c1ccccc1. The molecule has 0 atom stereocenters. The van der Waals surface area contributed by atoms with Crippen LogP contribution >= 0.6 is 12.2 Å². The molecular weight excluding hydrogens is 178 g/mol. The van der Waals surface area contributed by atoms with Gasteiger partial charge in [-0.3, -0.25) is 0 Å². The fraction of sp³-hybridized carbons (Fsp3) is 0.364. The van der Waals surface area contributed by atoms with Gasteiger partial charge in [0.1, 0.15) is 0 Å². The summed E-state index contributed by atoms with van der Waals surface area (Å²) >= 11 is 5.00. The minimum absolute atomic E-state index is 0.458. The van der Waals surface area contributed by atoms with Crippen LogP contribution in [0.3, 0.4) is 0 Å². The Morgan fingerprint density at radius 2 is 1.69 bits per heavy atom. The van der Waals surface area contributed by atoms with E-state index in [1.54, 1.807) is 0 Å². The van der Waals surface area contributed by atoms with Gasteiger partial charge in [0.05, 0.1) is 0 Å². The van der Waals surface area contributed by atoms with Crippen molar-refractivity contribution in [2.24, 2.45) is 5.73 Å². The predicted molar refractivity (Wildman–Crippen MR) is 63.2 cm³/mol. The Hall–Kier alpha value is -0.730. The third-order valence-electron chi connectivity index (χ3n) is 1.28. The van der Waals surface area contributed by atoms with Gasteiger partial charge in [-0.25, -0.2) is 0 Å². The summed E-state index contributed by atoms with van der Waals surface area (Å²) in [5, 5.41) is 0. The van der Waals surface area contributed by atoms with E-state index in [1.807, 2.05) is 30.3 Å². The summed E-state index contributed by atoms with van der Waals surface area (Å²) < 4.78 is 0. The largest absolute Gasteiger partial charge is 0.326 e. The molecule has 0 amide bonds. The minimum atomic E-state index is 0.458. The van der Waals surface area contributed by atoms with Gasteiger partial charge in [0.15, 0.2) is 0 Å². The Labute approximate surface area is 86.0 Å². The molecule has 0 aliphatic rings. The Kier molecular flexibility index (Phi) is 7.45. The molecule has 1 rings (SSSR count). The van der Waals surface area contributed by atoms with Crippen LogP contribution in [0.4, 0.5) is 0 Å². The Bertz CT molecular complexity index is 231. The van der Waals surface area contributed by atoms with Crippen molar-refractivity contribution in [3.05, 3.63) is 35.9 Å². The van der Waals surface area contributed by atoms with Crippen LogP contribution in [0.1, 0.15) is 25.8 Å². The number of rotatable bonds is 2. The normalized spacial score (nSPS) is 8.54. The van der Waals surface area contributed by atoms with E-state index in [1.165, 1.54) is 6.42 Å². The average molecular weight is 195 g/mol. The second-order valence-electron chi connectivity index (χ2n) is 2.70. The van der Waals surface area contributed by atoms with E-state index >= 15 is 0 Å². The van der Waals surface area contributed by atoms with Crippen molar-refractivity contribution in [1.82, 2.24) is 0 Å². The number of benzene rings is 1. The number of nitrogens with two attached hydrogens (primary N) is 1. The zero-order valence-corrected chi connectivity index (χ0v) is 9.10. The van der Waals surface area contributed by atoms with Crippen LogP contribution in [0.2, 0.25) is 0 Å². The lowest BCUT2D eigenvalue weighted by Gasteiger charge is -1.97. The monoisotopic (exact) mass is 195 g/mol. The summed E-state index contributed by atoms with van der Waals surface area (Å²) in [6.45, 7) is 4.71. The summed E-state index contributed by atoms with van der Waals surface area (Å²) in [6.07, 6.45) is 1.25. The fourth-order valence-corrected chi connectivity index (χ4v) is 0.878. The van der Waals surface area contributed by atoms with Gasteiger partial charge in [-0.1, -0.05) is 62.8 Å². The molecule has 0 heterocycles. The van der Waals surface area contributed by atoms with Crippen molar-refractivity contribution < 1.29 is 0 Å². The Balaban J connectivity index is 0.000000424. The molecule has 0 aliphatic heterocycles. The van der Waals surface area contributed by atoms with Gasteiger partial charge in [0.2, 0.25) is 0 Å². The first kappa shape index (κ1) is 12.3. The van der Waals surface area contributed by atoms with Gasteiger partial charge < -0.3 is 5.73 Å². The average Bonchev–Trinajstić information content (AvgIpc) is 2.19. The van der Waals surface area contributed by atoms with Crippen LogP contribution in [-0.4, -0.2) is 11.4 Å². The van der Waals surface area contributed by atoms with E-state index in [-0.39, 0.29) is 0 Å². The van der Waals surface area contributed by atoms with Crippen LogP contribution in [0.25, 0.3) is 0 Å². The highest BCUT2D eigenvalue weighted by Gasteiger charge is 1.94. The molecule has 0 unspecified atom stereocenters. The van der Waals surface area contributed by atoms with Gasteiger partial charge in [-0.15, -0.1) is 0 Å². The molecule has 0 aromatic heterocycles. The van der Waals surface area contributed by atoms with Gasteiger partial charge >= 0.3 is 0 Å². The van der Waals surface area contributed by atoms with E-state index < -0.39 is 0 Å². The van der Waals surface area contributed by atoms with E-state index in [9.17, 15) is 0 Å². The third-order valence-corrected chi connectivity index (χ3v) is 1.68. The smallest absolute Gasteiger partial charge is 0.0360 e. The summed E-state index contributed by atoms with van der Waals surface area (Å²) in [5.41, 5.74) is 6.42. The lowest BCUT2D eigenvalue weighted by Crippen LogP contribution is -2.11. The van der Waals surface area contributed by atoms with Crippen molar-refractivity contribution in [2.75, 3.05) is 6.54 Å². The molecule has 0 radical (unpaired) electrons. The summed E-state index contributed by atoms with van der Waals surface area (Å²) in [4.78, 5) is 0.820.